The smallest absolute Gasteiger partial charge is 0.256 e. The number of H-pyrrole nitrogens is 1. The number of benzene rings is 2. The summed E-state index contributed by atoms with van der Waals surface area (Å²) in [6, 6.07) is 15.7. The lowest BCUT2D eigenvalue weighted by Crippen LogP contribution is -2.12. The molecule has 0 fully saturated rings. The number of carbonyl (C=O) groups excluding carboxylic acids is 1. The average molecular weight is 388 g/mol. The molecule has 4 rings (SSSR count). The van der Waals surface area contributed by atoms with E-state index in [2.05, 4.69) is 39.1 Å². The van der Waals surface area contributed by atoms with Crippen molar-refractivity contribution in [1.29, 1.82) is 0 Å². The molecule has 0 spiro atoms. The lowest BCUT2D eigenvalue weighted by Gasteiger charge is -2.06. The van der Waals surface area contributed by atoms with Crippen LogP contribution in [0.1, 0.15) is 28.4 Å². The number of anilines is 1. The maximum atomic E-state index is 12.6. The van der Waals surface area contributed by atoms with Crippen LogP contribution in [-0.4, -0.2) is 27.8 Å². The lowest BCUT2D eigenvalue weighted by atomic mass is 10.1. The standard InChI is InChI=1S/C23H24N4O2/c1-5-27-20-9-8-18(29-4)11-17(20)12-21(27)19-13-22(26-25-19)24-23(28)16-7-6-14(2)15(3)10-16/h6-13H,5H2,1-4H3,(H2,24,25,26,28). The number of ether oxygens (including phenoxy) is 1. The minimum atomic E-state index is -0.174. The highest BCUT2D eigenvalue weighted by atomic mass is 16.5. The number of aromatic nitrogens is 3. The van der Waals surface area contributed by atoms with E-state index in [1.165, 1.54) is 0 Å². The summed E-state index contributed by atoms with van der Waals surface area (Å²) >= 11 is 0. The highest BCUT2D eigenvalue weighted by Crippen LogP contribution is 2.30. The van der Waals surface area contributed by atoms with E-state index >= 15 is 0 Å². The quantitative estimate of drug-likeness (QED) is 0.509. The Bertz CT molecular complexity index is 1200. The number of hydrogen-bond acceptors (Lipinski definition) is 3. The number of rotatable bonds is 5. The van der Waals surface area contributed by atoms with Crippen LogP contribution in [-0.2, 0) is 6.54 Å². The minimum Gasteiger partial charge on any atom is -0.497 e. The molecule has 0 bridgehead atoms. The Morgan fingerprint density at radius 2 is 1.93 bits per heavy atom. The summed E-state index contributed by atoms with van der Waals surface area (Å²) in [4.78, 5) is 12.6. The van der Waals surface area contributed by atoms with Gasteiger partial charge in [0.2, 0.25) is 0 Å². The van der Waals surface area contributed by atoms with Gasteiger partial charge < -0.3 is 14.6 Å². The van der Waals surface area contributed by atoms with Gasteiger partial charge in [-0.3, -0.25) is 9.89 Å². The minimum absolute atomic E-state index is 0.174. The van der Waals surface area contributed by atoms with Crippen LogP contribution >= 0.6 is 0 Å². The van der Waals surface area contributed by atoms with Gasteiger partial charge in [-0.15, -0.1) is 0 Å². The van der Waals surface area contributed by atoms with Crippen molar-refractivity contribution in [3.05, 3.63) is 65.2 Å². The maximum absolute atomic E-state index is 12.6. The van der Waals surface area contributed by atoms with E-state index in [9.17, 15) is 4.79 Å². The fourth-order valence-electron chi connectivity index (χ4n) is 3.53. The van der Waals surface area contributed by atoms with Crippen LogP contribution in [0.5, 0.6) is 5.75 Å². The van der Waals surface area contributed by atoms with Crippen molar-refractivity contribution in [3.8, 4) is 17.1 Å². The first-order chi connectivity index (χ1) is 14.0. The van der Waals surface area contributed by atoms with Crippen molar-refractivity contribution in [1.82, 2.24) is 14.8 Å². The zero-order chi connectivity index (χ0) is 20.5. The molecule has 0 saturated carbocycles. The van der Waals surface area contributed by atoms with Gasteiger partial charge >= 0.3 is 0 Å². The molecule has 0 radical (unpaired) electrons. The second-order valence-electron chi connectivity index (χ2n) is 7.12. The first-order valence-corrected chi connectivity index (χ1v) is 9.62. The van der Waals surface area contributed by atoms with Crippen molar-refractivity contribution in [2.45, 2.75) is 27.3 Å². The van der Waals surface area contributed by atoms with Gasteiger partial charge in [-0.05, 0) is 68.3 Å². The Labute approximate surface area is 169 Å². The van der Waals surface area contributed by atoms with Crippen molar-refractivity contribution < 1.29 is 9.53 Å². The molecule has 2 aromatic heterocycles. The molecule has 1 amide bonds. The Morgan fingerprint density at radius 3 is 2.66 bits per heavy atom. The third kappa shape index (κ3) is 3.49. The first kappa shape index (κ1) is 18.8. The topological polar surface area (TPSA) is 71.9 Å². The van der Waals surface area contributed by atoms with Crippen molar-refractivity contribution in [2.75, 3.05) is 12.4 Å². The van der Waals surface area contributed by atoms with Crippen LogP contribution in [0.4, 0.5) is 5.82 Å². The SMILES string of the molecule is CCn1c(-c2cc(NC(=O)c3ccc(C)c(C)c3)n[nH]2)cc2cc(OC)ccc21. The fraction of sp³-hybridized carbons (Fsp3) is 0.217. The fourth-order valence-corrected chi connectivity index (χ4v) is 3.53. The molecular weight excluding hydrogens is 364 g/mol. The molecule has 29 heavy (non-hydrogen) atoms. The average Bonchev–Trinajstić information content (AvgIpc) is 3.33. The maximum Gasteiger partial charge on any atom is 0.256 e. The zero-order valence-corrected chi connectivity index (χ0v) is 17.0. The number of aromatic amines is 1. The van der Waals surface area contributed by atoms with E-state index < -0.39 is 0 Å². The van der Waals surface area contributed by atoms with Gasteiger partial charge in [-0.1, -0.05) is 6.07 Å². The molecule has 0 aliphatic rings. The van der Waals surface area contributed by atoms with E-state index in [0.717, 1.165) is 45.7 Å². The van der Waals surface area contributed by atoms with E-state index in [0.29, 0.717) is 11.4 Å². The molecule has 148 valence electrons. The Balaban J connectivity index is 1.63. The molecule has 0 unspecified atom stereocenters. The van der Waals surface area contributed by atoms with Gasteiger partial charge in [0.05, 0.1) is 18.5 Å². The Morgan fingerprint density at radius 1 is 1.10 bits per heavy atom. The summed E-state index contributed by atoms with van der Waals surface area (Å²) < 4.78 is 7.55. The summed E-state index contributed by atoms with van der Waals surface area (Å²) in [5.41, 5.74) is 5.84. The van der Waals surface area contributed by atoms with E-state index in [1.807, 2.05) is 50.2 Å². The molecule has 0 atom stereocenters. The number of methoxy groups -OCH3 is 1. The van der Waals surface area contributed by atoms with E-state index in [-0.39, 0.29) is 5.91 Å². The van der Waals surface area contributed by atoms with Gasteiger partial charge in [0, 0.05) is 29.1 Å². The van der Waals surface area contributed by atoms with Crippen molar-refractivity contribution in [2.24, 2.45) is 0 Å². The summed E-state index contributed by atoms with van der Waals surface area (Å²) in [7, 11) is 1.66. The monoisotopic (exact) mass is 388 g/mol. The number of nitrogens with one attached hydrogen (secondary N) is 2. The second-order valence-corrected chi connectivity index (χ2v) is 7.12. The second kappa shape index (κ2) is 7.47. The summed E-state index contributed by atoms with van der Waals surface area (Å²) in [6.07, 6.45) is 0. The first-order valence-electron chi connectivity index (χ1n) is 9.62. The number of nitrogens with zero attached hydrogens (tertiary/aromatic N) is 2. The highest BCUT2D eigenvalue weighted by Gasteiger charge is 2.14. The number of aryl methyl sites for hydroxylation is 3. The van der Waals surface area contributed by atoms with Crippen LogP contribution in [0, 0.1) is 13.8 Å². The summed E-state index contributed by atoms with van der Waals surface area (Å²) in [5.74, 6) is 1.14. The van der Waals surface area contributed by atoms with Crippen molar-refractivity contribution in [3.63, 3.8) is 0 Å². The van der Waals surface area contributed by atoms with Gasteiger partial charge in [0.1, 0.15) is 5.75 Å². The van der Waals surface area contributed by atoms with Crippen molar-refractivity contribution >= 4 is 22.6 Å². The molecule has 4 aromatic rings. The number of hydrogen-bond donors (Lipinski definition) is 2. The van der Waals surface area contributed by atoms with Gasteiger partial charge in [-0.25, -0.2) is 0 Å². The highest BCUT2D eigenvalue weighted by molar-refractivity contribution is 6.04. The third-order valence-corrected chi connectivity index (χ3v) is 5.29. The molecule has 2 N–H and O–H groups in total. The predicted octanol–water partition coefficient (Wildman–Crippen LogP) is 4.93. The van der Waals surface area contributed by atoms with Crippen LogP contribution in [0.2, 0.25) is 0 Å². The van der Waals surface area contributed by atoms with Gasteiger partial charge in [0.15, 0.2) is 5.82 Å². The largest absolute Gasteiger partial charge is 0.497 e. The van der Waals surface area contributed by atoms with Crippen LogP contribution in [0.3, 0.4) is 0 Å². The molecule has 2 heterocycles. The molecular formula is C23H24N4O2. The van der Waals surface area contributed by atoms with Crippen LogP contribution < -0.4 is 10.1 Å². The normalized spacial score (nSPS) is 11.0. The van der Waals surface area contributed by atoms with Gasteiger partial charge in [0.25, 0.3) is 5.91 Å². The Kier molecular flexibility index (Phi) is 4.84. The number of amides is 1. The van der Waals surface area contributed by atoms with Crippen LogP contribution in [0.15, 0.2) is 48.5 Å². The summed E-state index contributed by atoms with van der Waals surface area (Å²) in [6.45, 7) is 6.94. The number of carbonyl (C=O) groups is 1. The summed E-state index contributed by atoms with van der Waals surface area (Å²) in [5, 5.41) is 11.3. The molecule has 6 heteroatoms. The molecule has 0 aliphatic heterocycles. The number of fused-ring (bicyclic) bond motifs is 1. The molecule has 2 aromatic carbocycles. The molecule has 0 aliphatic carbocycles. The van der Waals surface area contributed by atoms with E-state index in [1.54, 1.807) is 7.11 Å². The van der Waals surface area contributed by atoms with Crippen LogP contribution in [0.25, 0.3) is 22.3 Å². The lowest BCUT2D eigenvalue weighted by molar-refractivity contribution is 0.102. The Hall–Kier alpha value is -3.54. The third-order valence-electron chi connectivity index (χ3n) is 5.29. The van der Waals surface area contributed by atoms with Gasteiger partial charge in [-0.2, -0.15) is 5.10 Å². The molecule has 0 saturated heterocycles. The van der Waals surface area contributed by atoms with E-state index in [4.69, 9.17) is 4.74 Å². The predicted molar refractivity (Wildman–Crippen MR) is 116 cm³/mol. The molecule has 6 nitrogen and oxygen atoms in total. The zero-order valence-electron chi connectivity index (χ0n) is 17.0.